The predicted molar refractivity (Wildman–Crippen MR) is 107 cm³/mol. The van der Waals surface area contributed by atoms with Crippen molar-refractivity contribution in [3.8, 4) is 0 Å². The molecule has 0 aliphatic carbocycles. The maximum Gasteiger partial charge on any atom is 0.252 e. The third-order valence-corrected chi connectivity index (χ3v) is 5.67. The predicted octanol–water partition coefficient (Wildman–Crippen LogP) is 4.01. The summed E-state index contributed by atoms with van der Waals surface area (Å²) < 4.78 is 0. The van der Waals surface area contributed by atoms with Crippen molar-refractivity contribution in [3.05, 3.63) is 59.7 Å². The number of amides is 1. The number of thioether (sulfide) groups is 1. The number of nitrogens with one attached hydrogen (secondary N) is 1. The van der Waals surface area contributed by atoms with E-state index in [4.69, 9.17) is 0 Å². The van der Waals surface area contributed by atoms with Gasteiger partial charge in [-0.2, -0.15) is 0 Å². The summed E-state index contributed by atoms with van der Waals surface area (Å²) >= 11 is 1.60. The molecule has 136 valence electrons. The quantitative estimate of drug-likeness (QED) is 0.750. The number of nitrogens with zero attached hydrogens (tertiary/aromatic N) is 1. The van der Waals surface area contributed by atoms with E-state index in [1.165, 1.54) is 5.69 Å². The maximum atomic E-state index is 12.6. The van der Waals surface area contributed by atoms with Crippen molar-refractivity contribution in [2.24, 2.45) is 0 Å². The highest BCUT2D eigenvalue weighted by molar-refractivity contribution is 7.99. The second-order valence-corrected chi connectivity index (χ2v) is 7.33. The summed E-state index contributed by atoms with van der Waals surface area (Å²) in [4.78, 5) is 27.7. The van der Waals surface area contributed by atoms with Crippen LogP contribution in [0.5, 0.6) is 0 Å². The Hall–Kier alpha value is -2.27. The molecule has 4 nitrogen and oxygen atoms in total. The first kappa shape index (κ1) is 18.5. The van der Waals surface area contributed by atoms with Gasteiger partial charge in [0.1, 0.15) is 0 Å². The van der Waals surface area contributed by atoms with E-state index in [2.05, 4.69) is 29.3 Å². The summed E-state index contributed by atoms with van der Waals surface area (Å²) in [5.74, 6) is 0.792. The van der Waals surface area contributed by atoms with Crippen LogP contribution in [0.15, 0.2) is 53.4 Å². The van der Waals surface area contributed by atoms with Gasteiger partial charge in [-0.05, 0) is 31.5 Å². The molecule has 0 radical (unpaired) electrons. The zero-order valence-corrected chi connectivity index (χ0v) is 15.8. The molecule has 0 saturated heterocycles. The van der Waals surface area contributed by atoms with Gasteiger partial charge >= 0.3 is 0 Å². The lowest BCUT2D eigenvalue weighted by molar-refractivity contribution is 0.0950. The molecule has 2 aromatic carbocycles. The zero-order valence-electron chi connectivity index (χ0n) is 15.0. The number of ketones is 1. The van der Waals surface area contributed by atoms with Crippen LogP contribution in [0.4, 0.5) is 5.69 Å². The Morgan fingerprint density at radius 2 is 1.96 bits per heavy atom. The summed E-state index contributed by atoms with van der Waals surface area (Å²) in [7, 11) is 0. The Balaban J connectivity index is 1.55. The van der Waals surface area contributed by atoms with E-state index in [9.17, 15) is 9.59 Å². The van der Waals surface area contributed by atoms with Gasteiger partial charge in [0.05, 0.1) is 5.56 Å². The van der Waals surface area contributed by atoms with Gasteiger partial charge in [0.2, 0.25) is 0 Å². The molecule has 0 unspecified atom stereocenters. The minimum Gasteiger partial charge on any atom is -0.372 e. The smallest absolute Gasteiger partial charge is 0.252 e. The fourth-order valence-corrected chi connectivity index (χ4v) is 4.29. The SMILES string of the molecule is CCN(CCCNC(=O)c1cccc2c1SCCC2=O)c1ccccc1. The highest BCUT2D eigenvalue weighted by Crippen LogP contribution is 2.32. The molecule has 0 spiro atoms. The monoisotopic (exact) mass is 368 g/mol. The fourth-order valence-electron chi connectivity index (χ4n) is 3.15. The molecule has 1 aliphatic rings. The number of hydrogen-bond acceptors (Lipinski definition) is 4. The summed E-state index contributed by atoms with van der Waals surface area (Å²) in [6.45, 7) is 4.57. The lowest BCUT2D eigenvalue weighted by Crippen LogP contribution is -2.30. The van der Waals surface area contributed by atoms with Gasteiger partial charge < -0.3 is 10.2 Å². The number of para-hydroxylation sites is 1. The number of anilines is 1. The number of benzene rings is 2. The third kappa shape index (κ3) is 4.28. The van der Waals surface area contributed by atoms with E-state index < -0.39 is 0 Å². The molecule has 5 heteroatoms. The maximum absolute atomic E-state index is 12.6. The standard InChI is InChI=1S/C21H24N2O2S/c1-2-23(16-8-4-3-5-9-16)14-7-13-22-21(25)18-11-6-10-17-19(24)12-15-26-20(17)18/h3-6,8-11H,2,7,12-15H2,1H3,(H,22,25). The van der Waals surface area contributed by atoms with Gasteiger partial charge in [-0.1, -0.05) is 30.3 Å². The van der Waals surface area contributed by atoms with Crippen LogP contribution in [0.1, 0.15) is 40.5 Å². The number of hydrogen-bond donors (Lipinski definition) is 1. The fraction of sp³-hybridized carbons (Fsp3) is 0.333. The molecule has 0 atom stereocenters. The van der Waals surface area contributed by atoms with Gasteiger partial charge in [-0.25, -0.2) is 0 Å². The molecule has 26 heavy (non-hydrogen) atoms. The number of rotatable bonds is 7. The largest absolute Gasteiger partial charge is 0.372 e. The van der Waals surface area contributed by atoms with E-state index in [1.54, 1.807) is 17.8 Å². The first-order chi connectivity index (χ1) is 12.7. The molecule has 2 aromatic rings. The molecule has 1 amide bonds. The minimum atomic E-state index is -0.0909. The summed E-state index contributed by atoms with van der Waals surface area (Å²) in [6.07, 6.45) is 1.42. The Bertz CT molecular complexity index is 777. The Kier molecular flexibility index (Phi) is 6.34. The summed E-state index contributed by atoms with van der Waals surface area (Å²) in [5, 5.41) is 3.00. The second-order valence-electron chi connectivity index (χ2n) is 6.23. The van der Waals surface area contributed by atoms with E-state index in [-0.39, 0.29) is 11.7 Å². The lowest BCUT2D eigenvalue weighted by atomic mass is 10.0. The van der Waals surface area contributed by atoms with E-state index >= 15 is 0 Å². The zero-order chi connectivity index (χ0) is 18.4. The first-order valence-corrected chi connectivity index (χ1v) is 10.1. The number of carbonyl (C=O) groups is 2. The molecule has 1 N–H and O–H groups in total. The Morgan fingerprint density at radius 3 is 2.73 bits per heavy atom. The van der Waals surface area contributed by atoms with Crippen molar-refractivity contribution in [2.75, 3.05) is 30.3 Å². The van der Waals surface area contributed by atoms with E-state index in [0.29, 0.717) is 24.1 Å². The molecule has 0 aromatic heterocycles. The molecule has 3 rings (SSSR count). The molecular formula is C21H24N2O2S. The minimum absolute atomic E-state index is 0.0909. The number of Topliss-reactive ketones (excluding diaryl/α,β-unsaturated/α-hetero) is 1. The average molecular weight is 369 g/mol. The van der Waals surface area contributed by atoms with Crippen molar-refractivity contribution in [1.29, 1.82) is 0 Å². The van der Waals surface area contributed by atoms with E-state index in [1.807, 2.05) is 30.3 Å². The highest BCUT2D eigenvalue weighted by atomic mass is 32.2. The van der Waals surface area contributed by atoms with Crippen LogP contribution in [0, 0.1) is 0 Å². The number of carbonyl (C=O) groups excluding carboxylic acids is 2. The van der Waals surface area contributed by atoms with Crippen molar-refractivity contribution in [3.63, 3.8) is 0 Å². The first-order valence-electron chi connectivity index (χ1n) is 9.08. The molecule has 0 saturated carbocycles. The van der Waals surface area contributed by atoms with Gasteiger partial charge in [-0.15, -0.1) is 11.8 Å². The number of fused-ring (bicyclic) bond motifs is 1. The van der Waals surface area contributed by atoms with Crippen LogP contribution in [0.2, 0.25) is 0 Å². The summed E-state index contributed by atoms with van der Waals surface area (Å²) in [6, 6.07) is 15.7. The third-order valence-electron chi connectivity index (χ3n) is 4.53. The van der Waals surface area contributed by atoms with Gasteiger partial charge in [-0.3, -0.25) is 9.59 Å². The Morgan fingerprint density at radius 1 is 1.15 bits per heavy atom. The van der Waals surface area contributed by atoms with Crippen molar-refractivity contribution < 1.29 is 9.59 Å². The summed E-state index contributed by atoms with van der Waals surface area (Å²) in [5.41, 5.74) is 2.51. The van der Waals surface area contributed by atoms with Crippen LogP contribution in [-0.4, -0.2) is 37.1 Å². The Labute approximate surface area is 159 Å². The van der Waals surface area contributed by atoms with Crippen LogP contribution < -0.4 is 10.2 Å². The van der Waals surface area contributed by atoms with Crippen LogP contribution in [0.3, 0.4) is 0 Å². The van der Waals surface area contributed by atoms with Crippen molar-refractivity contribution >= 4 is 29.1 Å². The average Bonchev–Trinajstić information content (AvgIpc) is 2.68. The molecule has 1 aliphatic heterocycles. The van der Waals surface area contributed by atoms with Gasteiger partial charge in [0, 0.05) is 48.0 Å². The van der Waals surface area contributed by atoms with Crippen LogP contribution in [0.25, 0.3) is 0 Å². The van der Waals surface area contributed by atoms with Crippen LogP contribution >= 0.6 is 11.8 Å². The molecular weight excluding hydrogens is 344 g/mol. The molecule has 0 fully saturated rings. The normalized spacial score (nSPS) is 13.2. The molecule has 1 heterocycles. The highest BCUT2D eigenvalue weighted by Gasteiger charge is 2.22. The van der Waals surface area contributed by atoms with E-state index in [0.717, 1.165) is 30.2 Å². The van der Waals surface area contributed by atoms with Crippen molar-refractivity contribution in [1.82, 2.24) is 5.32 Å². The van der Waals surface area contributed by atoms with Gasteiger partial charge in [0.15, 0.2) is 5.78 Å². The lowest BCUT2D eigenvalue weighted by Gasteiger charge is -2.23. The van der Waals surface area contributed by atoms with Crippen molar-refractivity contribution in [2.45, 2.75) is 24.7 Å². The molecule has 0 bridgehead atoms. The van der Waals surface area contributed by atoms with Crippen LogP contribution in [-0.2, 0) is 0 Å². The van der Waals surface area contributed by atoms with Gasteiger partial charge in [0.25, 0.3) is 5.91 Å². The topological polar surface area (TPSA) is 49.4 Å². The second kappa shape index (κ2) is 8.90.